The molecule has 2 atom stereocenters. The average Bonchev–Trinajstić information content (AvgIpc) is 2.37. The number of hydrogen-bond donors (Lipinski definition) is 2. The normalized spacial score (nSPS) is 13.4. The summed E-state index contributed by atoms with van der Waals surface area (Å²) in [6.07, 6.45) is 2.50. The van der Waals surface area contributed by atoms with Crippen LogP contribution in [0.3, 0.4) is 0 Å². The van der Waals surface area contributed by atoms with E-state index in [1.54, 1.807) is 0 Å². The first-order valence-corrected chi connectivity index (χ1v) is 8.45. The summed E-state index contributed by atoms with van der Waals surface area (Å²) in [5, 5.41) is 3.02. The third-order valence-electron chi connectivity index (χ3n) is 3.40. The molecular formula is C17H28BrClN2O. The smallest absolute Gasteiger partial charge is 0.223 e. The standard InChI is InChI=1S/C17H27BrN2O.ClH/c1-12(2)9-15(17(21)20-8-7-13(3)19)10-14-5-4-6-16(18)11-14;/h4-6,11-13,15H,7-10,19H2,1-3H3,(H,20,21);1H. The Kier molecular flexibility index (Phi) is 10.7. The summed E-state index contributed by atoms with van der Waals surface area (Å²) >= 11 is 3.48. The van der Waals surface area contributed by atoms with Gasteiger partial charge in [-0.15, -0.1) is 12.4 Å². The van der Waals surface area contributed by atoms with E-state index in [-0.39, 0.29) is 30.3 Å². The van der Waals surface area contributed by atoms with E-state index in [1.807, 2.05) is 19.1 Å². The van der Waals surface area contributed by atoms with Gasteiger partial charge in [0.2, 0.25) is 5.91 Å². The van der Waals surface area contributed by atoms with E-state index in [0.717, 1.165) is 23.7 Å². The van der Waals surface area contributed by atoms with Crippen molar-refractivity contribution < 1.29 is 4.79 Å². The Labute approximate surface area is 149 Å². The first kappa shape index (κ1) is 21.4. The van der Waals surface area contributed by atoms with Gasteiger partial charge in [0, 0.05) is 23.0 Å². The lowest BCUT2D eigenvalue weighted by Crippen LogP contribution is -2.35. The molecule has 0 aliphatic heterocycles. The minimum Gasteiger partial charge on any atom is -0.356 e. The summed E-state index contributed by atoms with van der Waals surface area (Å²) < 4.78 is 1.06. The van der Waals surface area contributed by atoms with Gasteiger partial charge in [-0.05, 0) is 49.8 Å². The van der Waals surface area contributed by atoms with Crippen molar-refractivity contribution in [3.63, 3.8) is 0 Å². The Morgan fingerprint density at radius 3 is 2.55 bits per heavy atom. The van der Waals surface area contributed by atoms with Gasteiger partial charge in [-0.25, -0.2) is 0 Å². The third kappa shape index (κ3) is 8.76. The largest absolute Gasteiger partial charge is 0.356 e. The number of halogens is 2. The number of nitrogens with one attached hydrogen (secondary N) is 1. The maximum absolute atomic E-state index is 12.4. The van der Waals surface area contributed by atoms with Crippen LogP contribution in [0.4, 0.5) is 0 Å². The van der Waals surface area contributed by atoms with Crippen molar-refractivity contribution in [2.75, 3.05) is 6.54 Å². The van der Waals surface area contributed by atoms with Crippen LogP contribution in [0.15, 0.2) is 28.7 Å². The Hall–Kier alpha value is -0.580. The minimum atomic E-state index is 0. The lowest BCUT2D eigenvalue weighted by molar-refractivity contribution is -0.125. The number of rotatable bonds is 8. The van der Waals surface area contributed by atoms with Crippen molar-refractivity contribution in [2.45, 2.75) is 46.1 Å². The molecule has 126 valence electrons. The van der Waals surface area contributed by atoms with E-state index in [9.17, 15) is 4.79 Å². The Bertz CT molecular complexity index is 452. The van der Waals surface area contributed by atoms with E-state index in [1.165, 1.54) is 5.56 Å². The molecule has 0 radical (unpaired) electrons. The molecule has 3 nitrogen and oxygen atoms in total. The molecule has 0 saturated carbocycles. The highest BCUT2D eigenvalue weighted by molar-refractivity contribution is 9.10. The van der Waals surface area contributed by atoms with Crippen LogP contribution >= 0.6 is 28.3 Å². The van der Waals surface area contributed by atoms with Gasteiger partial charge in [-0.1, -0.05) is 41.9 Å². The van der Waals surface area contributed by atoms with Crippen LogP contribution in [-0.2, 0) is 11.2 Å². The van der Waals surface area contributed by atoms with Gasteiger partial charge in [-0.2, -0.15) is 0 Å². The van der Waals surface area contributed by atoms with E-state index < -0.39 is 0 Å². The molecule has 0 spiro atoms. The van der Waals surface area contributed by atoms with Gasteiger partial charge in [0.1, 0.15) is 0 Å². The molecule has 0 aliphatic rings. The Morgan fingerprint density at radius 1 is 1.32 bits per heavy atom. The Balaban J connectivity index is 0.00000441. The van der Waals surface area contributed by atoms with E-state index in [4.69, 9.17) is 5.73 Å². The van der Waals surface area contributed by atoms with E-state index in [0.29, 0.717) is 12.5 Å². The van der Waals surface area contributed by atoms with Gasteiger partial charge >= 0.3 is 0 Å². The fraction of sp³-hybridized carbons (Fsp3) is 0.588. The predicted molar refractivity (Wildman–Crippen MR) is 99.3 cm³/mol. The lowest BCUT2D eigenvalue weighted by Gasteiger charge is -2.19. The summed E-state index contributed by atoms with van der Waals surface area (Å²) in [6.45, 7) is 6.93. The molecule has 5 heteroatoms. The molecule has 0 aliphatic carbocycles. The first-order chi connectivity index (χ1) is 9.88. The highest BCUT2D eigenvalue weighted by Crippen LogP contribution is 2.20. The Morgan fingerprint density at radius 2 is 2.00 bits per heavy atom. The van der Waals surface area contributed by atoms with Crippen LogP contribution in [0.1, 0.15) is 39.2 Å². The number of hydrogen-bond acceptors (Lipinski definition) is 2. The molecule has 22 heavy (non-hydrogen) atoms. The van der Waals surface area contributed by atoms with Crippen molar-refractivity contribution in [3.8, 4) is 0 Å². The van der Waals surface area contributed by atoms with Gasteiger partial charge < -0.3 is 11.1 Å². The number of nitrogens with two attached hydrogens (primary N) is 1. The summed E-state index contributed by atoms with van der Waals surface area (Å²) in [5.74, 6) is 0.665. The maximum atomic E-state index is 12.4. The quantitative estimate of drug-likeness (QED) is 0.705. The monoisotopic (exact) mass is 390 g/mol. The van der Waals surface area contributed by atoms with Crippen LogP contribution in [0.5, 0.6) is 0 Å². The van der Waals surface area contributed by atoms with Gasteiger partial charge in [0.15, 0.2) is 0 Å². The zero-order valence-corrected chi connectivity index (χ0v) is 16.0. The second-order valence-corrected chi connectivity index (χ2v) is 7.13. The first-order valence-electron chi connectivity index (χ1n) is 7.66. The summed E-state index contributed by atoms with van der Waals surface area (Å²) in [5.41, 5.74) is 6.91. The number of carbonyl (C=O) groups is 1. The lowest BCUT2D eigenvalue weighted by atomic mass is 9.90. The molecule has 0 heterocycles. The number of amides is 1. The fourth-order valence-corrected chi connectivity index (χ4v) is 2.81. The highest BCUT2D eigenvalue weighted by atomic mass is 79.9. The summed E-state index contributed by atoms with van der Waals surface area (Å²) in [7, 11) is 0. The number of benzene rings is 1. The average molecular weight is 392 g/mol. The van der Waals surface area contributed by atoms with Crippen LogP contribution in [-0.4, -0.2) is 18.5 Å². The minimum absolute atomic E-state index is 0. The van der Waals surface area contributed by atoms with E-state index >= 15 is 0 Å². The third-order valence-corrected chi connectivity index (χ3v) is 3.89. The SMILES string of the molecule is CC(C)CC(Cc1cccc(Br)c1)C(=O)NCCC(C)N.Cl. The second-order valence-electron chi connectivity index (χ2n) is 6.22. The topological polar surface area (TPSA) is 55.1 Å². The zero-order valence-electron chi connectivity index (χ0n) is 13.6. The van der Waals surface area contributed by atoms with Crippen molar-refractivity contribution >= 4 is 34.2 Å². The maximum Gasteiger partial charge on any atom is 0.223 e. The van der Waals surface area contributed by atoms with Crippen molar-refractivity contribution in [1.82, 2.24) is 5.32 Å². The van der Waals surface area contributed by atoms with Crippen LogP contribution < -0.4 is 11.1 Å². The molecule has 0 fully saturated rings. The second kappa shape index (κ2) is 11.0. The predicted octanol–water partition coefficient (Wildman–Crippen LogP) is 3.93. The summed E-state index contributed by atoms with van der Waals surface area (Å²) in [6, 6.07) is 8.30. The molecule has 0 aromatic heterocycles. The molecule has 3 N–H and O–H groups in total. The zero-order chi connectivity index (χ0) is 15.8. The molecule has 1 aromatic carbocycles. The van der Waals surface area contributed by atoms with Crippen LogP contribution in [0.2, 0.25) is 0 Å². The van der Waals surface area contributed by atoms with Crippen molar-refractivity contribution in [2.24, 2.45) is 17.6 Å². The van der Waals surface area contributed by atoms with E-state index in [2.05, 4.69) is 47.2 Å². The molecular weight excluding hydrogens is 364 g/mol. The molecule has 1 amide bonds. The van der Waals surface area contributed by atoms with Gasteiger partial charge in [0.05, 0.1) is 0 Å². The van der Waals surface area contributed by atoms with Crippen LogP contribution in [0.25, 0.3) is 0 Å². The van der Waals surface area contributed by atoms with Crippen molar-refractivity contribution in [1.29, 1.82) is 0 Å². The molecule has 1 aromatic rings. The molecule has 2 unspecified atom stereocenters. The molecule has 0 bridgehead atoms. The van der Waals surface area contributed by atoms with Gasteiger partial charge in [-0.3, -0.25) is 4.79 Å². The fourth-order valence-electron chi connectivity index (χ4n) is 2.37. The van der Waals surface area contributed by atoms with Crippen molar-refractivity contribution in [3.05, 3.63) is 34.3 Å². The molecule has 1 rings (SSSR count). The number of carbonyl (C=O) groups excluding carboxylic acids is 1. The molecule has 0 saturated heterocycles. The van der Waals surface area contributed by atoms with Gasteiger partial charge in [0.25, 0.3) is 0 Å². The summed E-state index contributed by atoms with van der Waals surface area (Å²) in [4.78, 5) is 12.4. The van der Waals surface area contributed by atoms with Crippen LogP contribution in [0, 0.1) is 11.8 Å². The highest BCUT2D eigenvalue weighted by Gasteiger charge is 2.20.